The van der Waals surface area contributed by atoms with Crippen LogP contribution in [0.3, 0.4) is 0 Å². The molecule has 9 heteroatoms. The predicted molar refractivity (Wildman–Crippen MR) is 70.9 cm³/mol. The second-order valence-corrected chi connectivity index (χ2v) is 3.63. The van der Waals surface area contributed by atoms with E-state index in [-0.39, 0.29) is 22.9 Å². The fourth-order valence-corrected chi connectivity index (χ4v) is 1.57. The molecule has 9 nitrogen and oxygen atoms in total. The van der Waals surface area contributed by atoms with Crippen LogP contribution in [0.15, 0.2) is 36.7 Å². The van der Waals surface area contributed by atoms with Crippen molar-refractivity contribution in [1.29, 1.82) is 0 Å². The van der Waals surface area contributed by atoms with E-state index in [1.807, 2.05) is 0 Å². The van der Waals surface area contributed by atoms with Crippen molar-refractivity contribution in [2.75, 3.05) is 10.7 Å². The van der Waals surface area contributed by atoms with E-state index < -0.39 is 10.8 Å². The quantitative estimate of drug-likeness (QED) is 0.428. The number of amides is 1. The Morgan fingerprint density at radius 3 is 2.55 bits per heavy atom. The summed E-state index contributed by atoms with van der Waals surface area (Å²) in [5, 5.41) is 13.3. The minimum absolute atomic E-state index is 0.0224. The van der Waals surface area contributed by atoms with Gasteiger partial charge in [0.25, 0.3) is 11.6 Å². The molecule has 0 spiro atoms. The Bertz CT molecular complexity index is 646. The first-order valence-corrected chi connectivity index (χ1v) is 5.46. The molecule has 1 heterocycles. The third-order valence-corrected chi connectivity index (χ3v) is 2.42. The van der Waals surface area contributed by atoms with Crippen LogP contribution < -0.4 is 16.6 Å². The summed E-state index contributed by atoms with van der Waals surface area (Å²) in [4.78, 5) is 30.0. The summed E-state index contributed by atoms with van der Waals surface area (Å²) in [6, 6.07) is 5.63. The van der Waals surface area contributed by atoms with Crippen LogP contribution in [-0.2, 0) is 0 Å². The van der Waals surface area contributed by atoms with Crippen molar-refractivity contribution in [3.8, 4) is 0 Å². The topological polar surface area (TPSA) is 136 Å². The highest BCUT2D eigenvalue weighted by molar-refractivity contribution is 6.08. The number of rotatable bonds is 4. The van der Waals surface area contributed by atoms with Gasteiger partial charge in [0, 0.05) is 18.5 Å². The van der Waals surface area contributed by atoms with Crippen LogP contribution in [0.2, 0.25) is 0 Å². The summed E-state index contributed by atoms with van der Waals surface area (Å²) >= 11 is 0. The van der Waals surface area contributed by atoms with E-state index in [4.69, 9.17) is 5.84 Å². The van der Waals surface area contributed by atoms with E-state index in [2.05, 4.69) is 20.7 Å². The fraction of sp³-hybridized carbons (Fsp3) is 0. The number of para-hydroxylation sites is 1. The SMILES string of the molecule is NNc1c(C(=O)Nc2ncccn2)cccc1[N+](=O)[O-]. The lowest BCUT2D eigenvalue weighted by atomic mass is 10.1. The Morgan fingerprint density at radius 2 is 1.95 bits per heavy atom. The number of nitrogen functional groups attached to an aromatic ring is 1. The summed E-state index contributed by atoms with van der Waals surface area (Å²) < 4.78 is 0. The van der Waals surface area contributed by atoms with E-state index in [0.29, 0.717) is 0 Å². The molecule has 1 amide bonds. The lowest BCUT2D eigenvalue weighted by Gasteiger charge is -2.08. The molecule has 102 valence electrons. The third kappa shape index (κ3) is 2.67. The number of benzene rings is 1. The largest absolute Gasteiger partial charge is 0.318 e. The van der Waals surface area contributed by atoms with Crippen LogP contribution in [-0.4, -0.2) is 20.8 Å². The lowest BCUT2D eigenvalue weighted by molar-refractivity contribution is -0.384. The van der Waals surface area contributed by atoms with Crippen LogP contribution in [0.1, 0.15) is 10.4 Å². The fourth-order valence-electron chi connectivity index (χ4n) is 1.57. The molecular formula is C11H10N6O3. The number of nitrogens with one attached hydrogen (secondary N) is 2. The number of nitrogens with two attached hydrogens (primary N) is 1. The van der Waals surface area contributed by atoms with Crippen LogP contribution in [0.25, 0.3) is 0 Å². The zero-order valence-electron chi connectivity index (χ0n) is 10.1. The predicted octanol–water partition coefficient (Wildman–Crippen LogP) is 0.923. The maximum atomic E-state index is 12.1. The number of aromatic nitrogens is 2. The van der Waals surface area contributed by atoms with Gasteiger partial charge in [-0.1, -0.05) is 6.07 Å². The number of hydrazine groups is 1. The highest BCUT2D eigenvalue weighted by atomic mass is 16.6. The number of carbonyl (C=O) groups excluding carboxylic acids is 1. The maximum absolute atomic E-state index is 12.1. The Labute approximate surface area is 113 Å². The van der Waals surface area contributed by atoms with Gasteiger partial charge in [-0.15, -0.1) is 0 Å². The zero-order valence-corrected chi connectivity index (χ0v) is 10.1. The van der Waals surface area contributed by atoms with Crippen molar-refractivity contribution in [3.05, 3.63) is 52.3 Å². The van der Waals surface area contributed by atoms with Crippen LogP contribution in [0.5, 0.6) is 0 Å². The summed E-state index contributed by atoms with van der Waals surface area (Å²) in [5.74, 6) is 4.74. The molecule has 0 bridgehead atoms. The molecule has 0 radical (unpaired) electrons. The van der Waals surface area contributed by atoms with Gasteiger partial charge in [-0.3, -0.25) is 26.1 Å². The van der Waals surface area contributed by atoms with E-state index in [1.165, 1.54) is 30.6 Å². The average molecular weight is 274 g/mol. The third-order valence-electron chi connectivity index (χ3n) is 2.42. The standard InChI is InChI=1S/C11H10N6O3/c12-16-9-7(3-1-4-8(9)17(19)20)10(18)15-11-13-5-2-6-14-11/h1-6,16H,12H2,(H,13,14,15,18). The van der Waals surface area contributed by atoms with Crippen molar-refractivity contribution in [1.82, 2.24) is 9.97 Å². The Morgan fingerprint density at radius 1 is 1.25 bits per heavy atom. The second-order valence-electron chi connectivity index (χ2n) is 3.63. The number of anilines is 2. The number of nitro benzene ring substituents is 1. The highest BCUT2D eigenvalue weighted by Crippen LogP contribution is 2.27. The molecule has 0 atom stereocenters. The van der Waals surface area contributed by atoms with E-state index in [0.717, 1.165) is 0 Å². The molecule has 2 rings (SSSR count). The van der Waals surface area contributed by atoms with Gasteiger partial charge in [0.1, 0.15) is 5.69 Å². The van der Waals surface area contributed by atoms with Crippen molar-refractivity contribution in [2.45, 2.75) is 0 Å². The Balaban J connectivity index is 2.35. The molecule has 4 N–H and O–H groups in total. The summed E-state index contributed by atoms with van der Waals surface area (Å²) in [6.07, 6.45) is 2.91. The van der Waals surface area contributed by atoms with Crippen LogP contribution in [0, 0.1) is 10.1 Å². The molecule has 1 aromatic heterocycles. The molecule has 0 fully saturated rings. The van der Waals surface area contributed by atoms with E-state index in [1.54, 1.807) is 6.07 Å². The first kappa shape index (κ1) is 13.4. The van der Waals surface area contributed by atoms with Gasteiger partial charge in [-0.25, -0.2) is 9.97 Å². The molecule has 0 aliphatic heterocycles. The molecular weight excluding hydrogens is 264 g/mol. The van der Waals surface area contributed by atoms with E-state index >= 15 is 0 Å². The van der Waals surface area contributed by atoms with Crippen LogP contribution in [0.4, 0.5) is 17.3 Å². The smallest absolute Gasteiger partial charge is 0.294 e. The molecule has 0 aliphatic rings. The van der Waals surface area contributed by atoms with Gasteiger partial charge in [-0.05, 0) is 12.1 Å². The van der Waals surface area contributed by atoms with Gasteiger partial charge in [0.2, 0.25) is 5.95 Å². The Kier molecular flexibility index (Phi) is 3.82. The monoisotopic (exact) mass is 274 g/mol. The first-order valence-electron chi connectivity index (χ1n) is 5.46. The van der Waals surface area contributed by atoms with Crippen molar-refractivity contribution < 1.29 is 9.72 Å². The molecule has 2 aromatic rings. The van der Waals surface area contributed by atoms with Gasteiger partial charge in [0.15, 0.2) is 0 Å². The van der Waals surface area contributed by atoms with Gasteiger partial charge < -0.3 is 5.43 Å². The minimum atomic E-state index is -0.634. The van der Waals surface area contributed by atoms with Crippen molar-refractivity contribution >= 4 is 23.2 Å². The normalized spacial score (nSPS) is 9.85. The molecule has 0 saturated carbocycles. The number of carbonyl (C=O) groups is 1. The Hall–Kier alpha value is -3.07. The molecule has 0 saturated heterocycles. The summed E-state index contributed by atoms with van der Waals surface area (Å²) in [5.41, 5.74) is 1.82. The molecule has 0 aliphatic carbocycles. The highest BCUT2D eigenvalue weighted by Gasteiger charge is 2.21. The van der Waals surface area contributed by atoms with Crippen molar-refractivity contribution in [3.63, 3.8) is 0 Å². The number of nitro groups is 1. The minimum Gasteiger partial charge on any atom is -0.318 e. The van der Waals surface area contributed by atoms with E-state index in [9.17, 15) is 14.9 Å². The van der Waals surface area contributed by atoms with Crippen molar-refractivity contribution in [2.24, 2.45) is 5.84 Å². The number of hydrogen-bond donors (Lipinski definition) is 3. The maximum Gasteiger partial charge on any atom is 0.294 e. The molecule has 0 unspecified atom stereocenters. The average Bonchev–Trinajstić information content (AvgIpc) is 2.47. The summed E-state index contributed by atoms with van der Waals surface area (Å²) in [7, 11) is 0. The number of nitrogens with zero attached hydrogens (tertiary/aromatic N) is 3. The number of hydrogen-bond acceptors (Lipinski definition) is 7. The lowest BCUT2D eigenvalue weighted by Crippen LogP contribution is -2.19. The molecule has 1 aromatic carbocycles. The van der Waals surface area contributed by atoms with Gasteiger partial charge >= 0.3 is 0 Å². The van der Waals surface area contributed by atoms with Crippen LogP contribution >= 0.6 is 0 Å². The van der Waals surface area contributed by atoms with Gasteiger partial charge in [0.05, 0.1) is 10.5 Å². The van der Waals surface area contributed by atoms with Gasteiger partial charge in [-0.2, -0.15) is 0 Å². The molecule has 20 heavy (non-hydrogen) atoms. The summed E-state index contributed by atoms with van der Waals surface area (Å²) in [6.45, 7) is 0. The second kappa shape index (κ2) is 5.71. The zero-order chi connectivity index (χ0) is 14.5. The first-order chi connectivity index (χ1) is 9.63.